The van der Waals surface area contributed by atoms with Crippen LogP contribution >= 0.6 is 0 Å². The van der Waals surface area contributed by atoms with Gasteiger partial charge in [0.1, 0.15) is 5.69 Å². The number of nitrogens with one attached hydrogen (secondary N) is 2. The van der Waals surface area contributed by atoms with E-state index in [0.29, 0.717) is 17.7 Å². The van der Waals surface area contributed by atoms with E-state index in [1.165, 1.54) is 19.3 Å². The monoisotopic (exact) mass is 290 g/mol. The minimum atomic E-state index is -0.271. The maximum Gasteiger partial charge on any atom is 0.270 e. The van der Waals surface area contributed by atoms with Crippen LogP contribution in [-0.2, 0) is 0 Å². The number of aromatic nitrogens is 2. The van der Waals surface area contributed by atoms with Crippen LogP contribution in [0.15, 0.2) is 6.07 Å². The number of carbonyl (C=O) groups excluding carboxylic acids is 1. The van der Waals surface area contributed by atoms with E-state index < -0.39 is 0 Å². The third-order valence-corrected chi connectivity index (χ3v) is 3.51. The van der Waals surface area contributed by atoms with Crippen LogP contribution in [0.2, 0.25) is 0 Å². The Balaban J connectivity index is 2.11. The molecule has 2 N–H and O–H groups in total. The Morgan fingerprint density at radius 2 is 1.86 bits per heavy atom. The maximum absolute atomic E-state index is 12.2. The molecule has 1 amide bonds. The highest BCUT2D eigenvalue weighted by atomic mass is 16.2. The van der Waals surface area contributed by atoms with Gasteiger partial charge >= 0.3 is 0 Å². The molecule has 0 aromatic carbocycles. The number of hydrogen-bond acceptors (Lipinski definition) is 4. The molecule has 1 aromatic rings. The summed E-state index contributed by atoms with van der Waals surface area (Å²) in [6.45, 7) is 7.77. The lowest BCUT2D eigenvalue weighted by molar-refractivity contribution is 0.0914. The lowest BCUT2D eigenvalue weighted by Crippen LogP contribution is -2.41. The van der Waals surface area contributed by atoms with Crippen molar-refractivity contribution in [3.63, 3.8) is 0 Å². The molecule has 21 heavy (non-hydrogen) atoms. The molecule has 0 spiro atoms. The fraction of sp³-hybridized carbons (Fsp3) is 0.688. The van der Waals surface area contributed by atoms with Crippen LogP contribution in [-0.4, -0.2) is 27.5 Å². The third kappa shape index (κ3) is 4.99. The molecule has 0 aliphatic heterocycles. The number of hydrogen-bond donors (Lipinski definition) is 2. The fourth-order valence-electron chi connectivity index (χ4n) is 2.58. The van der Waals surface area contributed by atoms with Crippen LogP contribution in [0.4, 0.5) is 5.95 Å². The highest BCUT2D eigenvalue weighted by molar-refractivity contribution is 5.93. The van der Waals surface area contributed by atoms with Gasteiger partial charge in [0, 0.05) is 17.3 Å². The zero-order chi connectivity index (χ0) is 15.5. The Labute approximate surface area is 127 Å². The molecule has 2 rings (SSSR count). The quantitative estimate of drug-likeness (QED) is 0.898. The smallest absolute Gasteiger partial charge is 0.270 e. The van der Waals surface area contributed by atoms with Crippen molar-refractivity contribution < 1.29 is 4.79 Å². The standard InChI is InChI=1S/C16H26N4O/c1-11-10-13(14(21)20-16(2,3)4)19-15(17-11)18-12-8-6-5-7-9-12/h10,12H,5-9H2,1-4H3,(H,20,21)(H,17,18,19). The van der Waals surface area contributed by atoms with Crippen molar-refractivity contribution >= 4 is 11.9 Å². The predicted molar refractivity (Wildman–Crippen MR) is 84.5 cm³/mol. The molecule has 1 aliphatic carbocycles. The average Bonchev–Trinajstić information content (AvgIpc) is 2.37. The van der Waals surface area contributed by atoms with Crippen LogP contribution in [0.1, 0.15) is 69.1 Å². The first-order valence-corrected chi connectivity index (χ1v) is 7.78. The summed E-state index contributed by atoms with van der Waals surface area (Å²) in [6.07, 6.45) is 6.12. The Morgan fingerprint density at radius 3 is 2.48 bits per heavy atom. The number of amides is 1. The molecule has 1 aromatic heterocycles. The summed E-state index contributed by atoms with van der Waals surface area (Å²) >= 11 is 0. The van der Waals surface area contributed by atoms with E-state index in [4.69, 9.17) is 0 Å². The van der Waals surface area contributed by atoms with E-state index >= 15 is 0 Å². The predicted octanol–water partition coefficient (Wildman–Crippen LogP) is 3.06. The van der Waals surface area contributed by atoms with Crippen LogP contribution in [0.5, 0.6) is 0 Å². The number of anilines is 1. The Morgan fingerprint density at radius 1 is 1.19 bits per heavy atom. The molecule has 0 unspecified atom stereocenters. The number of carbonyl (C=O) groups is 1. The summed E-state index contributed by atoms with van der Waals surface area (Å²) in [5, 5.41) is 6.31. The van der Waals surface area contributed by atoms with Crippen molar-refractivity contribution in [1.82, 2.24) is 15.3 Å². The van der Waals surface area contributed by atoms with E-state index in [1.54, 1.807) is 6.07 Å². The van der Waals surface area contributed by atoms with Crippen molar-refractivity contribution in [2.45, 2.75) is 71.4 Å². The van der Waals surface area contributed by atoms with Gasteiger partial charge in [0.25, 0.3) is 5.91 Å². The molecule has 1 heterocycles. The molecule has 0 radical (unpaired) electrons. The summed E-state index contributed by atoms with van der Waals surface area (Å²) in [7, 11) is 0. The highest BCUT2D eigenvalue weighted by Gasteiger charge is 2.19. The molecular weight excluding hydrogens is 264 g/mol. The van der Waals surface area contributed by atoms with Gasteiger partial charge in [-0.3, -0.25) is 4.79 Å². The molecule has 0 saturated heterocycles. The first-order chi connectivity index (χ1) is 9.83. The summed E-state index contributed by atoms with van der Waals surface area (Å²) in [5.74, 6) is 0.417. The topological polar surface area (TPSA) is 66.9 Å². The van der Waals surface area contributed by atoms with E-state index in [9.17, 15) is 4.79 Å². The second-order valence-electron chi connectivity index (χ2n) is 6.90. The van der Waals surface area contributed by atoms with E-state index in [0.717, 1.165) is 18.5 Å². The lowest BCUT2D eigenvalue weighted by atomic mass is 9.96. The van der Waals surface area contributed by atoms with Gasteiger partial charge in [-0.25, -0.2) is 9.97 Å². The normalized spacial score (nSPS) is 16.6. The first kappa shape index (κ1) is 15.7. The summed E-state index contributed by atoms with van der Waals surface area (Å²) in [5.41, 5.74) is 0.963. The first-order valence-electron chi connectivity index (χ1n) is 7.78. The SMILES string of the molecule is Cc1cc(C(=O)NC(C)(C)C)nc(NC2CCCCC2)n1. The number of rotatable bonds is 3. The van der Waals surface area contributed by atoms with E-state index in [-0.39, 0.29) is 11.4 Å². The van der Waals surface area contributed by atoms with E-state index in [2.05, 4.69) is 20.6 Å². The molecular formula is C16H26N4O. The van der Waals surface area contributed by atoms with Crippen molar-refractivity contribution in [2.75, 3.05) is 5.32 Å². The number of nitrogens with zero attached hydrogens (tertiary/aromatic N) is 2. The van der Waals surface area contributed by atoms with Gasteiger partial charge in [-0.05, 0) is 46.6 Å². The van der Waals surface area contributed by atoms with Crippen LogP contribution in [0, 0.1) is 6.92 Å². The van der Waals surface area contributed by atoms with Gasteiger partial charge in [0.2, 0.25) is 5.95 Å². The highest BCUT2D eigenvalue weighted by Crippen LogP contribution is 2.20. The van der Waals surface area contributed by atoms with E-state index in [1.807, 2.05) is 27.7 Å². The zero-order valence-corrected chi connectivity index (χ0v) is 13.5. The molecule has 0 atom stereocenters. The molecule has 116 valence electrons. The van der Waals surface area contributed by atoms with Gasteiger partial charge < -0.3 is 10.6 Å². The summed E-state index contributed by atoms with van der Waals surface area (Å²) in [6, 6.07) is 2.16. The number of aryl methyl sites for hydroxylation is 1. The van der Waals surface area contributed by atoms with Crippen molar-refractivity contribution in [3.8, 4) is 0 Å². The second kappa shape index (κ2) is 6.41. The van der Waals surface area contributed by atoms with Crippen LogP contribution < -0.4 is 10.6 Å². The minimum Gasteiger partial charge on any atom is -0.351 e. The largest absolute Gasteiger partial charge is 0.351 e. The molecule has 5 heteroatoms. The summed E-state index contributed by atoms with van der Waals surface area (Å²) in [4.78, 5) is 21.0. The zero-order valence-electron chi connectivity index (χ0n) is 13.5. The van der Waals surface area contributed by atoms with Gasteiger partial charge in [-0.2, -0.15) is 0 Å². The maximum atomic E-state index is 12.2. The lowest BCUT2D eigenvalue weighted by Gasteiger charge is -2.23. The Bertz CT molecular complexity index is 501. The van der Waals surface area contributed by atoms with Crippen molar-refractivity contribution in [2.24, 2.45) is 0 Å². The molecule has 1 aliphatic rings. The van der Waals surface area contributed by atoms with Gasteiger partial charge in [-0.1, -0.05) is 19.3 Å². The average molecular weight is 290 g/mol. The Hall–Kier alpha value is -1.65. The molecule has 5 nitrogen and oxygen atoms in total. The molecule has 1 fully saturated rings. The molecule has 1 saturated carbocycles. The molecule has 0 bridgehead atoms. The van der Waals surface area contributed by atoms with Crippen molar-refractivity contribution in [1.29, 1.82) is 0 Å². The minimum absolute atomic E-state index is 0.153. The van der Waals surface area contributed by atoms with Crippen LogP contribution in [0.25, 0.3) is 0 Å². The fourth-order valence-corrected chi connectivity index (χ4v) is 2.58. The van der Waals surface area contributed by atoms with Gasteiger partial charge in [0.05, 0.1) is 0 Å². The van der Waals surface area contributed by atoms with Crippen LogP contribution in [0.3, 0.4) is 0 Å². The Kier molecular flexibility index (Phi) is 4.80. The van der Waals surface area contributed by atoms with Gasteiger partial charge in [-0.15, -0.1) is 0 Å². The van der Waals surface area contributed by atoms with Gasteiger partial charge in [0.15, 0.2) is 0 Å². The third-order valence-electron chi connectivity index (χ3n) is 3.51. The second-order valence-corrected chi connectivity index (χ2v) is 6.90. The summed E-state index contributed by atoms with van der Waals surface area (Å²) < 4.78 is 0. The van der Waals surface area contributed by atoms with Crippen molar-refractivity contribution in [3.05, 3.63) is 17.5 Å².